The molecule has 4 N–H and O–H groups in total. The fraction of sp³-hybridized carbons (Fsp3) is 0.273. The predicted octanol–water partition coefficient (Wildman–Crippen LogP) is 0.344. The van der Waals surface area contributed by atoms with Gasteiger partial charge in [-0.25, -0.2) is 4.79 Å². The van der Waals surface area contributed by atoms with E-state index in [2.05, 4.69) is 10.3 Å². The van der Waals surface area contributed by atoms with Gasteiger partial charge in [-0.05, 0) is 19.1 Å². The highest BCUT2D eigenvalue weighted by molar-refractivity contribution is 5.60. The number of furan rings is 1. The molecule has 0 aliphatic rings. The van der Waals surface area contributed by atoms with Gasteiger partial charge >= 0.3 is 5.69 Å². The largest absolute Gasteiger partial charge is 0.467 e. The monoisotopic (exact) mass is 250 g/mol. The summed E-state index contributed by atoms with van der Waals surface area (Å²) in [7, 11) is 0. The summed E-state index contributed by atoms with van der Waals surface area (Å²) in [5.74, 6) is 0.792. The van der Waals surface area contributed by atoms with Crippen LogP contribution in [-0.2, 0) is 13.1 Å². The molecule has 0 saturated carbocycles. The molecular weight excluding hydrogens is 236 g/mol. The lowest BCUT2D eigenvalue weighted by atomic mass is 10.4. The van der Waals surface area contributed by atoms with E-state index in [1.165, 1.54) is 10.8 Å². The first-order valence-electron chi connectivity index (χ1n) is 5.52. The highest BCUT2D eigenvalue weighted by atomic mass is 16.3. The molecule has 2 heterocycles. The van der Waals surface area contributed by atoms with Crippen molar-refractivity contribution in [3.63, 3.8) is 0 Å². The van der Waals surface area contributed by atoms with Gasteiger partial charge in [0.1, 0.15) is 17.3 Å². The molecule has 7 heteroatoms. The topological polar surface area (TPSA) is 106 Å². The quantitative estimate of drug-likeness (QED) is 0.725. The van der Waals surface area contributed by atoms with Crippen LogP contribution >= 0.6 is 0 Å². The summed E-state index contributed by atoms with van der Waals surface area (Å²) >= 11 is 0. The van der Waals surface area contributed by atoms with Crippen LogP contribution < -0.4 is 22.3 Å². The van der Waals surface area contributed by atoms with Crippen molar-refractivity contribution in [3.8, 4) is 0 Å². The molecule has 0 saturated heterocycles. The maximum absolute atomic E-state index is 11.6. The van der Waals surface area contributed by atoms with Gasteiger partial charge in [0.05, 0.1) is 12.8 Å². The van der Waals surface area contributed by atoms with E-state index in [0.717, 1.165) is 0 Å². The van der Waals surface area contributed by atoms with Crippen molar-refractivity contribution in [1.82, 2.24) is 9.55 Å². The van der Waals surface area contributed by atoms with Crippen molar-refractivity contribution >= 4 is 11.5 Å². The average molecular weight is 250 g/mol. The zero-order valence-corrected chi connectivity index (χ0v) is 9.90. The molecule has 2 rings (SSSR count). The molecule has 18 heavy (non-hydrogen) atoms. The van der Waals surface area contributed by atoms with E-state index in [1.807, 2.05) is 0 Å². The van der Waals surface area contributed by atoms with Crippen molar-refractivity contribution in [2.75, 3.05) is 11.1 Å². The van der Waals surface area contributed by atoms with E-state index < -0.39 is 11.2 Å². The summed E-state index contributed by atoms with van der Waals surface area (Å²) in [6.07, 6.45) is 1.54. The van der Waals surface area contributed by atoms with Gasteiger partial charge in [-0.3, -0.25) is 14.3 Å². The Morgan fingerprint density at radius 1 is 1.50 bits per heavy atom. The molecule has 2 aromatic rings. The zero-order valence-electron chi connectivity index (χ0n) is 9.90. The first-order valence-corrected chi connectivity index (χ1v) is 5.52. The molecule has 0 fully saturated rings. The fourth-order valence-electron chi connectivity index (χ4n) is 1.66. The summed E-state index contributed by atoms with van der Waals surface area (Å²) in [6.45, 7) is 2.48. The summed E-state index contributed by atoms with van der Waals surface area (Å²) in [5, 5.41) is 2.86. The number of rotatable bonds is 4. The number of hydrogen-bond donors (Lipinski definition) is 3. The highest BCUT2D eigenvalue weighted by Crippen LogP contribution is 2.11. The van der Waals surface area contributed by atoms with Crippen molar-refractivity contribution in [1.29, 1.82) is 0 Å². The van der Waals surface area contributed by atoms with Gasteiger partial charge in [0, 0.05) is 6.54 Å². The number of nitrogen functional groups attached to an aromatic ring is 1. The summed E-state index contributed by atoms with van der Waals surface area (Å²) in [4.78, 5) is 25.3. The Kier molecular flexibility index (Phi) is 3.22. The van der Waals surface area contributed by atoms with Crippen LogP contribution in [0.2, 0.25) is 0 Å². The molecular formula is C11H14N4O3. The van der Waals surface area contributed by atoms with Crippen LogP contribution in [0.25, 0.3) is 0 Å². The maximum atomic E-state index is 11.6. The summed E-state index contributed by atoms with van der Waals surface area (Å²) < 4.78 is 6.41. The minimum absolute atomic E-state index is 0.123. The lowest BCUT2D eigenvalue weighted by Crippen LogP contribution is -2.33. The third-order valence-corrected chi connectivity index (χ3v) is 2.58. The van der Waals surface area contributed by atoms with Crippen molar-refractivity contribution in [2.45, 2.75) is 20.0 Å². The summed E-state index contributed by atoms with van der Waals surface area (Å²) in [5.41, 5.74) is 4.91. The first kappa shape index (κ1) is 12.0. The Hall–Kier alpha value is -2.44. The third kappa shape index (κ3) is 2.15. The number of aromatic nitrogens is 2. The maximum Gasteiger partial charge on any atom is 0.330 e. The second-order valence-electron chi connectivity index (χ2n) is 3.70. The van der Waals surface area contributed by atoms with E-state index in [4.69, 9.17) is 10.2 Å². The molecule has 0 spiro atoms. The van der Waals surface area contributed by atoms with Crippen molar-refractivity contribution in [2.24, 2.45) is 0 Å². The van der Waals surface area contributed by atoms with Crippen LogP contribution in [0.15, 0.2) is 32.4 Å². The third-order valence-electron chi connectivity index (χ3n) is 2.58. The normalized spacial score (nSPS) is 10.5. The number of nitrogens with zero attached hydrogens (tertiary/aromatic N) is 1. The molecule has 0 aromatic carbocycles. The number of H-pyrrole nitrogens is 1. The van der Waals surface area contributed by atoms with E-state index in [9.17, 15) is 9.59 Å². The molecule has 0 bridgehead atoms. The van der Waals surface area contributed by atoms with Crippen LogP contribution in [-0.4, -0.2) is 9.55 Å². The minimum atomic E-state index is -0.534. The molecule has 0 amide bonds. The molecule has 0 unspecified atom stereocenters. The van der Waals surface area contributed by atoms with Crippen molar-refractivity contribution < 1.29 is 4.42 Å². The van der Waals surface area contributed by atoms with Gasteiger partial charge in [-0.2, -0.15) is 0 Å². The van der Waals surface area contributed by atoms with Gasteiger partial charge in [-0.15, -0.1) is 0 Å². The average Bonchev–Trinajstić information content (AvgIpc) is 2.81. The molecule has 0 radical (unpaired) electrons. The molecule has 2 aromatic heterocycles. The van der Waals surface area contributed by atoms with Crippen molar-refractivity contribution in [3.05, 3.63) is 45.0 Å². The Balaban J connectivity index is 2.33. The van der Waals surface area contributed by atoms with Crippen LogP contribution in [0.5, 0.6) is 0 Å². The molecule has 0 aliphatic heterocycles. The van der Waals surface area contributed by atoms with E-state index in [1.54, 1.807) is 19.1 Å². The van der Waals surface area contributed by atoms with E-state index in [0.29, 0.717) is 18.8 Å². The molecule has 0 atom stereocenters. The standard InChI is InChI=1S/C11H14N4O3/c1-2-15-9(12)8(10(16)14-11(15)17)13-6-7-4-3-5-18-7/h3-5,13H,2,6,12H2,1H3,(H,14,16,17). The highest BCUT2D eigenvalue weighted by Gasteiger charge is 2.11. The second kappa shape index (κ2) is 4.82. The minimum Gasteiger partial charge on any atom is -0.467 e. The Labute approximate surface area is 102 Å². The lowest BCUT2D eigenvalue weighted by Gasteiger charge is -2.11. The molecule has 7 nitrogen and oxygen atoms in total. The second-order valence-corrected chi connectivity index (χ2v) is 3.70. The Morgan fingerprint density at radius 2 is 2.28 bits per heavy atom. The van der Waals surface area contributed by atoms with Crippen LogP contribution in [0.1, 0.15) is 12.7 Å². The van der Waals surface area contributed by atoms with Crippen LogP contribution in [0, 0.1) is 0 Å². The summed E-state index contributed by atoms with van der Waals surface area (Å²) in [6, 6.07) is 3.52. The first-order chi connectivity index (χ1) is 8.63. The molecule has 0 aliphatic carbocycles. The van der Waals surface area contributed by atoms with Gasteiger partial charge in [0.15, 0.2) is 0 Å². The zero-order chi connectivity index (χ0) is 13.1. The Bertz CT molecular complexity index is 639. The SMILES string of the molecule is CCn1c(N)c(NCc2ccco2)c(=O)[nH]c1=O. The van der Waals surface area contributed by atoms with Crippen LogP contribution in [0.4, 0.5) is 11.5 Å². The number of nitrogens with two attached hydrogens (primary N) is 1. The number of aromatic amines is 1. The predicted molar refractivity (Wildman–Crippen MR) is 67.4 cm³/mol. The van der Waals surface area contributed by atoms with Gasteiger partial charge in [0.2, 0.25) is 0 Å². The smallest absolute Gasteiger partial charge is 0.330 e. The van der Waals surface area contributed by atoms with E-state index in [-0.39, 0.29) is 11.5 Å². The number of anilines is 2. The van der Waals surface area contributed by atoms with Gasteiger partial charge in [-0.1, -0.05) is 0 Å². The fourth-order valence-corrected chi connectivity index (χ4v) is 1.66. The molecule has 96 valence electrons. The lowest BCUT2D eigenvalue weighted by molar-refractivity contribution is 0.518. The van der Waals surface area contributed by atoms with Gasteiger partial charge in [0.25, 0.3) is 5.56 Å². The number of hydrogen-bond acceptors (Lipinski definition) is 5. The number of nitrogens with one attached hydrogen (secondary N) is 2. The van der Waals surface area contributed by atoms with Gasteiger partial charge < -0.3 is 15.5 Å². The van der Waals surface area contributed by atoms with Crippen LogP contribution in [0.3, 0.4) is 0 Å². The Morgan fingerprint density at radius 3 is 2.89 bits per heavy atom. The van der Waals surface area contributed by atoms with E-state index >= 15 is 0 Å².